The first-order valence-electron chi connectivity index (χ1n) is 7.28. The maximum absolute atomic E-state index is 12.3. The number of piperazine rings is 1. The van der Waals surface area contributed by atoms with Crippen molar-refractivity contribution < 1.29 is 22.7 Å². The van der Waals surface area contributed by atoms with Crippen LogP contribution in [-0.2, 0) is 9.53 Å². The molecule has 5 nitrogen and oxygen atoms in total. The molecule has 23 heavy (non-hydrogen) atoms. The van der Waals surface area contributed by atoms with Gasteiger partial charge in [-0.1, -0.05) is 0 Å². The zero-order valence-electron chi connectivity index (χ0n) is 12.8. The standard InChI is InChI=1S/C13H22F3N3O2.2ClH/c14-13(15,16)9-18-3-5-19(6-4-18)12(20)11(17)10-1-7-21-8-2-10;;/h10-11H,1-9,17H2;2*1H. The van der Waals surface area contributed by atoms with Crippen LogP contribution < -0.4 is 5.73 Å². The summed E-state index contributed by atoms with van der Waals surface area (Å²) in [6.07, 6.45) is -2.66. The number of ether oxygens (including phenoxy) is 1. The molecule has 0 aromatic carbocycles. The van der Waals surface area contributed by atoms with Crippen LogP contribution in [-0.4, -0.2) is 73.9 Å². The van der Waals surface area contributed by atoms with Gasteiger partial charge in [0.05, 0.1) is 12.6 Å². The Morgan fingerprint density at radius 1 is 1.13 bits per heavy atom. The fourth-order valence-electron chi connectivity index (χ4n) is 2.87. The number of rotatable bonds is 3. The van der Waals surface area contributed by atoms with Gasteiger partial charge in [0.25, 0.3) is 0 Å². The van der Waals surface area contributed by atoms with Gasteiger partial charge in [0.1, 0.15) is 0 Å². The predicted molar refractivity (Wildman–Crippen MR) is 85.1 cm³/mol. The summed E-state index contributed by atoms with van der Waals surface area (Å²) in [5.41, 5.74) is 6.02. The summed E-state index contributed by atoms with van der Waals surface area (Å²) in [6.45, 7) is 1.42. The third-order valence-corrected chi connectivity index (χ3v) is 4.15. The van der Waals surface area contributed by atoms with Crippen molar-refractivity contribution in [2.75, 3.05) is 45.9 Å². The van der Waals surface area contributed by atoms with E-state index in [4.69, 9.17) is 10.5 Å². The van der Waals surface area contributed by atoms with Gasteiger partial charge >= 0.3 is 6.18 Å². The molecular weight excluding hydrogens is 358 g/mol. The molecule has 1 amide bonds. The predicted octanol–water partition coefficient (Wildman–Crippen LogP) is 1.29. The topological polar surface area (TPSA) is 58.8 Å². The summed E-state index contributed by atoms with van der Waals surface area (Å²) < 4.78 is 42.2. The quantitative estimate of drug-likeness (QED) is 0.800. The monoisotopic (exact) mass is 381 g/mol. The number of hydrogen-bond donors (Lipinski definition) is 1. The maximum atomic E-state index is 12.3. The molecule has 0 aliphatic carbocycles. The Morgan fingerprint density at radius 2 is 1.65 bits per heavy atom. The molecule has 10 heteroatoms. The van der Waals surface area contributed by atoms with Crippen LogP contribution in [0.2, 0.25) is 0 Å². The number of hydrogen-bond acceptors (Lipinski definition) is 4. The highest BCUT2D eigenvalue weighted by atomic mass is 35.5. The van der Waals surface area contributed by atoms with E-state index in [9.17, 15) is 18.0 Å². The highest BCUT2D eigenvalue weighted by Crippen LogP contribution is 2.21. The Labute approximate surface area is 146 Å². The number of amides is 1. The maximum Gasteiger partial charge on any atom is 0.401 e. The molecule has 1 unspecified atom stereocenters. The Bertz CT molecular complexity index is 361. The van der Waals surface area contributed by atoms with Crippen LogP contribution in [0.4, 0.5) is 13.2 Å². The van der Waals surface area contributed by atoms with Gasteiger partial charge in [-0.3, -0.25) is 9.69 Å². The lowest BCUT2D eigenvalue weighted by Gasteiger charge is -2.37. The number of carbonyl (C=O) groups is 1. The molecule has 2 saturated heterocycles. The van der Waals surface area contributed by atoms with E-state index in [0.29, 0.717) is 26.3 Å². The lowest BCUT2D eigenvalue weighted by atomic mass is 9.91. The van der Waals surface area contributed by atoms with E-state index in [1.54, 1.807) is 4.90 Å². The summed E-state index contributed by atoms with van der Waals surface area (Å²) in [7, 11) is 0. The van der Waals surface area contributed by atoms with E-state index in [2.05, 4.69) is 0 Å². The number of nitrogens with two attached hydrogens (primary N) is 1. The number of halogens is 5. The summed E-state index contributed by atoms with van der Waals surface area (Å²) in [5.74, 6) is -0.0342. The van der Waals surface area contributed by atoms with E-state index in [0.717, 1.165) is 12.8 Å². The number of carbonyl (C=O) groups excluding carboxylic acids is 1. The van der Waals surface area contributed by atoms with Gasteiger partial charge in [0.2, 0.25) is 5.91 Å². The average molecular weight is 382 g/mol. The minimum atomic E-state index is -4.19. The second-order valence-corrected chi connectivity index (χ2v) is 5.69. The smallest absolute Gasteiger partial charge is 0.381 e. The first kappa shape index (κ1) is 22.7. The minimum Gasteiger partial charge on any atom is -0.381 e. The molecule has 2 aliphatic heterocycles. The van der Waals surface area contributed by atoms with Gasteiger partial charge in [0, 0.05) is 39.4 Å². The second-order valence-electron chi connectivity index (χ2n) is 5.69. The van der Waals surface area contributed by atoms with Gasteiger partial charge in [-0.2, -0.15) is 13.2 Å². The van der Waals surface area contributed by atoms with Crippen LogP contribution in [0.1, 0.15) is 12.8 Å². The van der Waals surface area contributed by atoms with Crippen molar-refractivity contribution in [3.8, 4) is 0 Å². The molecule has 2 fully saturated rings. The van der Waals surface area contributed by atoms with E-state index in [-0.39, 0.29) is 49.7 Å². The first-order valence-corrected chi connectivity index (χ1v) is 7.28. The lowest BCUT2D eigenvalue weighted by Crippen LogP contribution is -2.56. The summed E-state index contributed by atoms with van der Waals surface area (Å²) in [5, 5.41) is 0. The summed E-state index contributed by atoms with van der Waals surface area (Å²) in [4.78, 5) is 15.2. The van der Waals surface area contributed by atoms with Crippen LogP contribution in [0.15, 0.2) is 0 Å². The van der Waals surface area contributed by atoms with Gasteiger partial charge in [-0.15, -0.1) is 24.8 Å². The first-order chi connectivity index (χ1) is 9.87. The van der Waals surface area contributed by atoms with E-state index < -0.39 is 18.8 Å². The van der Waals surface area contributed by atoms with Crippen LogP contribution in [0.3, 0.4) is 0 Å². The van der Waals surface area contributed by atoms with E-state index in [1.807, 2.05) is 0 Å². The van der Waals surface area contributed by atoms with Crippen molar-refractivity contribution in [2.45, 2.75) is 25.1 Å². The number of alkyl halides is 3. The van der Waals surface area contributed by atoms with Crippen molar-refractivity contribution in [2.24, 2.45) is 11.7 Å². The van der Waals surface area contributed by atoms with Gasteiger partial charge < -0.3 is 15.4 Å². The largest absolute Gasteiger partial charge is 0.401 e. The molecule has 1 atom stereocenters. The van der Waals surface area contributed by atoms with E-state index in [1.165, 1.54) is 4.90 Å². The van der Waals surface area contributed by atoms with Crippen molar-refractivity contribution in [1.29, 1.82) is 0 Å². The van der Waals surface area contributed by atoms with Crippen molar-refractivity contribution in [3.63, 3.8) is 0 Å². The van der Waals surface area contributed by atoms with Crippen molar-refractivity contribution in [3.05, 3.63) is 0 Å². The van der Waals surface area contributed by atoms with Crippen molar-refractivity contribution in [1.82, 2.24) is 9.80 Å². The molecule has 2 heterocycles. The lowest BCUT2D eigenvalue weighted by molar-refractivity contribution is -0.152. The van der Waals surface area contributed by atoms with Crippen LogP contribution in [0.25, 0.3) is 0 Å². The van der Waals surface area contributed by atoms with Crippen LogP contribution in [0.5, 0.6) is 0 Å². The molecule has 0 aromatic rings. The highest BCUT2D eigenvalue weighted by molar-refractivity contribution is 5.85. The minimum absolute atomic E-state index is 0. The van der Waals surface area contributed by atoms with Crippen molar-refractivity contribution >= 4 is 30.7 Å². The van der Waals surface area contributed by atoms with E-state index >= 15 is 0 Å². The van der Waals surface area contributed by atoms with Gasteiger partial charge in [0.15, 0.2) is 0 Å². The Morgan fingerprint density at radius 3 is 2.13 bits per heavy atom. The SMILES string of the molecule is Cl.Cl.NC(C(=O)N1CCN(CC(F)(F)F)CC1)C1CCOCC1. The molecular formula is C13H24Cl2F3N3O2. The number of nitrogens with zero attached hydrogens (tertiary/aromatic N) is 2. The fraction of sp³-hybridized carbons (Fsp3) is 0.923. The molecule has 2 rings (SSSR count). The van der Waals surface area contributed by atoms with Crippen LogP contribution >= 0.6 is 24.8 Å². The molecule has 2 aliphatic rings. The molecule has 138 valence electrons. The third-order valence-electron chi connectivity index (χ3n) is 4.15. The van der Waals surface area contributed by atoms with Crippen LogP contribution in [0, 0.1) is 5.92 Å². The molecule has 0 bridgehead atoms. The summed E-state index contributed by atoms with van der Waals surface area (Å²) >= 11 is 0. The molecule has 0 radical (unpaired) electrons. The summed E-state index contributed by atoms with van der Waals surface area (Å²) in [6, 6.07) is -0.567. The average Bonchev–Trinajstić information content (AvgIpc) is 2.46. The third kappa shape index (κ3) is 7.01. The fourth-order valence-corrected chi connectivity index (χ4v) is 2.87. The van der Waals surface area contributed by atoms with Gasteiger partial charge in [-0.05, 0) is 18.8 Å². The Hall–Kier alpha value is -0.280. The zero-order chi connectivity index (χ0) is 15.5. The molecule has 0 saturated carbocycles. The Balaban J connectivity index is 0.00000242. The molecule has 0 aromatic heterocycles. The Kier molecular flexibility index (Phi) is 9.76. The normalized spacial score (nSPS) is 22.0. The zero-order valence-corrected chi connectivity index (χ0v) is 14.4. The molecule has 2 N–H and O–H groups in total. The van der Waals surface area contributed by atoms with Gasteiger partial charge in [-0.25, -0.2) is 0 Å². The molecule has 0 spiro atoms. The highest BCUT2D eigenvalue weighted by Gasteiger charge is 2.35. The second kappa shape index (κ2) is 9.88.